The molecule has 0 saturated heterocycles. The maximum atomic E-state index is 11.7. The van der Waals surface area contributed by atoms with E-state index < -0.39 is 0 Å². The van der Waals surface area contributed by atoms with Crippen molar-refractivity contribution >= 4 is 29.1 Å². The van der Waals surface area contributed by atoms with Crippen molar-refractivity contribution in [3.05, 3.63) is 48.4 Å². The highest BCUT2D eigenvalue weighted by Gasteiger charge is 2.09. The van der Waals surface area contributed by atoms with Crippen LogP contribution in [-0.4, -0.2) is 17.4 Å². The van der Waals surface area contributed by atoms with Gasteiger partial charge in [-0.15, -0.1) is 11.8 Å². The molecule has 0 radical (unpaired) electrons. The average molecular weight is 275 g/mol. The Labute approximate surface area is 115 Å². The van der Waals surface area contributed by atoms with Crippen LogP contribution < -0.4 is 5.32 Å². The Morgan fingerprint density at radius 3 is 2.53 bits per heavy atom. The molecule has 0 bridgehead atoms. The van der Waals surface area contributed by atoms with Crippen molar-refractivity contribution in [3.8, 4) is 0 Å². The van der Waals surface area contributed by atoms with Gasteiger partial charge in [0.2, 0.25) is 11.7 Å². The van der Waals surface area contributed by atoms with Gasteiger partial charge in [0.25, 0.3) is 0 Å². The predicted octanol–water partition coefficient (Wildman–Crippen LogP) is 3.21. The standard InChI is InChI=1S/C14H13NO3S/c1-10(16)15-11-4-6-12(7-5-11)19-9-13(17)14-3-2-8-18-14/h2-8H,9H2,1H3,(H,15,16). The van der Waals surface area contributed by atoms with Gasteiger partial charge in [-0.05, 0) is 36.4 Å². The van der Waals surface area contributed by atoms with Crippen LogP contribution in [0.5, 0.6) is 0 Å². The lowest BCUT2D eigenvalue weighted by Crippen LogP contribution is -2.05. The minimum atomic E-state index is -0.103. The zero-order valence-electron chi connectivity index (χ0n) is 10.4. The van der Waals surface area contributed by atoms with E-state index in [4.69, 9.17) is 4.42 Å². The first-order valence-electron chi connectivity index (χ1n) is 5.72. The third-order valence-electron chi connectivity index (χ3n) is 2.34. The summed E-state index contributed by atoms with van der Waals surface area (Å²) in [7, 11) is 0. The molecule has 1 N–H and O–H groups in total. The number of Topliss-reactive ketones (excluding diaryl/α,β-unsaturated/α-hetero) is 1. The highest BCUT2D eigenvalue weighted by molar-refractivity contribution is 8.00. The second kappa shape index (κ2) is 6.24. The number of rotatable bonds is 5. The fraction of sp³-hybridized carbons (Fsp3) is 0.143. The van der Waals surface area contributed by atoms with E-state index in [-0.39, 0.29) is 11.7 Å². The summed E-state index contributed by atoms with van der Waals surface area (Å²) in [6.45, 7) is 1.46. The van der Waals surface area contributed by atoms with E-state index >= 15 is 0 Å². The van der Waals surface area contributed by atoms with E-state index in [9.17, 15) is 9.59 Å². The fourth-order valence-corrected chi connectivity index (χ4v) is 2.26. The average Bonchev–Trinajstić information content (AvgIpc) is 2.91. The van der Waals surface area contributed by atoms with Crippen molar-refractivity contribution in [1.29, 1.82) is 0 Å². The zero-order chi connectivity index (χ0) is 13.7. The van der Waals surface area contributed by atoms with Crippen molar-refractivity contribution < 1.29 is 14.0 Å². The molecule has 0 atom stereocenters. The number of furan rings is 1. The summed E-state index contributed by atoms with van der Waals surface area (Å²) in [5.41, 5.74) is 0.745. The highest BCUT2D eigenvalue weighted by Crippen LogP contribution is 2.21. The van der Waals surface area contributed by atoms with Crippen LogP contribution >= 0.6 is 11.8 Å². The molecule has 0 fully saturated rings. The van der Waals surface area contributed by atoms with E-state index in [1.54, 1.807) is 24.3 Å². The van der Waals surface area contributed by atoms with Crippen molar-refractivity contribution in [2.24, 2.45) is 0 Å². The molecule has 98 valence electrons. The van der Waals surface area contributed by atoms with Crippen LogP contribution in [0.1, 0.15) is 17.5 Å². The molecule has 0 aliphatic heterocycles. The largest absolute Gasteiger partial charge is 0.461 e. The summed E-state index contributed by atoms with van der Waals surface area (Å²) in [6.07, 6.45) is 1.49. The van der Waals surface area contributed by atoms with Gasteiger partial charge < -0.3 is 9.73 Å². The molecule has 4 nitrogen and oxygen atoms in total. The molecule has 1 aromatic carbocycles. The molecule has 0 saturated carbocycles. The topological polar surface area (TPSA) is 59.3 Å². The molecule has 5 heteroatoms. The Bertz CT molecular complexity index is 561. The van der Waals surface area contributed by atoms with Crippen molar-refractivity contribution in [1.82, 2.24) is 0 Å². The van der Waals surface area contributed by atoms with Crippen LogP contribution in [0, 0.1) is 0 Å². The normalized spacial score (nSPS) is 10.2. The lowest BCUT2D eigenvalue weighted by atomic mass is 10.3. The Morgan fingerprint density at radius 1 is 1.21 bits per heavy atom. The second-order valence-electron chi connectivity index (χ2n) is 3.89. The van der Waals surface area contributed by atoms with E-state index in [1.165, 1.54) is 24.9 Å². The van der Waals surface area contributed by atoms with Gasteiger partial charge in [0.05, 0.1) is 12.0 Å². The van der Waals surface area contributed by atoms with Gasteiger partial charge >= 0.3 is 0 Å². The molecule has 0 aliphatic carbocycles. The first-order chi connectivity index (χ1) is 9.15. The smallest absolute Gasteiger partial charge is 0.221 e. The van der Waals surface area contributed by atoms with Gasteiger partial charge in [-0.3, -0.25) is 9.59 Å². The number of anilines is 1. The Kier molecular flexibility index (Phi) is 4.41. The third-order valence-corrected chi connectivity index (χ3v) is 3.35. The van der Waals surface area contributed by atoms with Gasteiger partial charge in [-0.25, -0.2) is 0 Å². The number of amides is 1. The van der Waals surface area contributed by atoms with Gasteiger partial charge in [-0.1, -0.05) is 0 Å². The molecule has 0 spiro atoms. The number of carbonyl (C=O) groups excluding carboxylic acids is 2. The van der Waals surface area contributed by atoms with Crippen molar-refractivity contribution in [2.75, 3.05) is 11.1 Å². The quantitative estimate of drug-likeness (QED) is 0.672. The van der Waals surface area contributed by atoms with Crippen LogP contribution in [-0.2, 0) is 4.79 Å². The summed E-state index contributed by atoms with van der Waals surface area (Å²) >= 11 is 1.43. The molecule has 0 aliphatic rings. The minimum Gasteiger partial charge on any atom is -0.461 e. The maximum absolute atomic E-state index is 11.7. The van der Waals surface area contributed by atoms with Gasteiger partial charge in [-0.2, -0.15) is 0 Å². The molecular formula is C14H13NO3S. The summed E-state index contributed by atoms with van der Waals surface area (Å²) in [5.74, 6) is 0.559. The zero-order valence-corrected chi connectivity index (χ0v) is 11.2. The van der Waals surface area contributed by atoms with Crippen molar-refractivity contribution in [2.45, 2.75) is 11.8 Å². The van der Waals surface area contributed by atoms with Crippen LogP contribution in [0.25, 0.3) is 0 Å². The monoisotopic (exact) mass is 275 g/mol. The van der Waals surface area contributed by atoms with E-state index in [2.05, 4.69) is 5.32 Å². The number of carbonyl (C=O) groups is 2. The van der Waals surface area contributed by atoms with Crippen LogP contribution in [0.2, 0.25) is 0 Å². The van der Waals surface area contributed by atoms with E-state index in [0.717, 1.165) is 10.6 Å². The van der Waals surface area contributed by atoms with Crippen LogP contribution in [0.4, 0.5) is 5.69 Å². The third kappa shape index (κ3) is 3.99. The summed E-state index contributed by atoms with van der Waals surface area (Å²) in [5, 5.41) is 2.69. The SMILES string of the molecule is CC(=O)Nc1ccc(SCC(=O)c2ccco2)cc1. The molecule has 1 heterocycles. The first-order valence-corrected chi connectivity index (χ1v) is 6.71. The number of benzene rings is 1. The lowest BCUT2D eigenvalue weighted by Gasteiger charge is -2.03. The van der Waals surface area contributed by atoms with Crippen molar-refractivity contribution in [3.63, 3.8) is 0 Å². The van der Waals surface area contributed by atoms with E-state index in [1.807, 2.05) is 12.1 Å². The maximum Gasteiger partial charge on any atom is 0.221 e. The lowest BCUT2D eigenvalue weighted by molar-refractivity contribution is -0.114. The highest BCUT2D eigenvalue weighted by atomic mass is 32.2. The molecular weight excluding hydrogens is 262 g/mol. The summed E-state index contributed by atoms with van der Waals surface area (Å²) in [6, 6.07) is 10.7. The van der Waals surface area contributed by atoms with Gasteiger partial charge in [0.1, 0.15) is 0 Å². The van der Waals surface area contributed by atoms with Gasteiger partial charge in [0.15, 0.2) is 5.76 Å². The Morgan fingerprint density at radius 2 is 1.95 bits per heavy atom. The molecule has 2 rings (SSSR count). The number of ketones is 1. The summed E-state index contributed by atoms with van der Waals surface area (Å²) < 4.78 is 5.04. The molecule has 0 unspecified atom stereocenters. The Balaban J connectivity index is 1.89. The number of thioether (sulfide) groups is 1. The van der Waals surface area contributed by atoms with Crippen LogP contribution in [0.3, 0.4) is 0 Å². The molecule has 1 amide bonds. The second-order valence-corrected chi connectivity index (χ2v) is 4.94. The van der Waals surface area contributed by atoms with E-state index in [0.29, 0.717) is 11.5 Å². The molecule has 19 heavy (non-hydrogen) atoms. The predicted molar refractivity (Wildman–Crippen MR) is 74.5 cm³/mol. The fourth-order valence-electron chi connectivity index (χ4n) is 1.49. The van der Waals surface area contributed by atoms with Gasteiger partial charge in [0, 0.05) is 17.5 Å². The number of hydrogen-bond acceptors (Lipinski definition) is 4. The first kappa shape index (κ1) is 13.4. The van der Waals surface area contributed by atoms with Crippen LogP contribution in [0.15, 0.2) is 52.0 Å². The summed E-state index contributed by atoms with van der Waals surface area (Å²) in [4.78, 5) is 23.6. The number of hydrogen-bond donors (Lipinski definition) is 1. The molecule has 2 aromatic rings. The molecule has 1 aromatic heterocycles. The minimum absolute atomic E-state index is 0.0408. The number of nitrogens with one attached hydrogen (secondary N) is 1. The Hall–Kier alpha value is -2.01.